The molecule has 1 aliphatic rings. The van der Waals surface area contributed by atoms with E-state index < -0.39 is 11.9 Å². The summed E-state index contributed by atoms with van der Waals surface area (Å²) < 4.78 is 26.5. The van der Waals surface area contributed by atoms with Crippen molar-refractivity contribution >= 4 is 119 Å². The number of cyclic esters (lactones) is 1. The molecule has 0 amide bonds. The van der Waals surface area contributed by atoms with Crippen LogP contribution in [0.5, 0.6) is 17.2 Å². The zero-order valence-corrected chi connectivity index (χ0v) is 32.2. The Bertz CT molecular complexity index is 1820. The molecule has 224 valence electrons. The van der Waals surface area contributed by atoms with Crippen LogP contribution in [0.15, 0.2) is 111 Å². The molecule has 4 aromatic rings. The van der Waals surface area contributed by atoms with Gasteiger partial charge < -0.3 is 18.9 Å². The number of ether oxygens (including phenoxy) is 4. The minimum absolute atomic E-state index is 0.0269. The topological polar surface area (TPSA) is 71.1 Å². The van der Waals surface area contributed by atoms with Crippen molar-refractivity contribution in [3.63, 3.8) is 0 Å². The van der Waals surface area contributed by atoms with E-state index in [0.717, 1.165) is 8.95 Å². The molecule has 1 heterocycles. The van der Waals surface area contributed by atoms with E-state index in [1.807, 2.05) is 24.3 Å². The Kier molecular flexibility index (Phi) is 10.6. The smallest absolute Gasteiger partial charge is 0.348 e. The Morgan fingerprint density at radius 1 is 0.682 bits per heavy atom. The van der Waals surface area contributed by atoms with E-state index in [0.29, 0.717) is 51.7 Å². The number of rotatable bonds is 7. The van der Waals surface area contributed by atoms with E-state index in [4.69, 9.17) is 18.9 Å². The molecule has 0 saturated carbocycles. The molecule has 0 radical (unpaired) electrons. The van der Waals surface area contributed by atoms with Crippen LogP contribution in [0, 0.1) is 0 Å². The molecule has 0 N–H and O–H groups in total. The first-order valence-electron chi connectivity index (χ1n) is 12.5. The van der Waals surface area contributed by atoms with Gasteiger partial charge in [0, 0.05) is 34.6 Å². The highest BCUT2D eigenvalue weighted by Crippen LogP contribution is 2.46. The van der Waals surface area contributed by atoms with E-state index in [1.165, 1.54) is 0 Å². The minimum atomic E-state index is -0.796. The normalized spacial score (nSPS) is 14.0. The van der Waals surface area contributed by atoms with Gasteiger partial charge in [0.1, 0.15) is 17.1 Å². The molecule has 44 heavy (non-hydrogen) atoms. The Labute approximate surface area is 303 Å². The molecule has 0 unspecified atom stereocenters. The van der Waals surface area contributed by atoms with Crippen LogP contribution < -0.4 is 14.2 Å². The van der Waals surface area contributed by atoms with E-state index in [-0.39, 0.29) is 22.7 Å². The Morgan fingerprint density at radius 3 is 1.66 bits per heavy atom. The minimum Gasteiger partial charge on any atom is -0.497 e. The van der Waals surface area contributed by atoms with Crippen molar-refractivity contribution in [3.05, 3.63) is 127 Å². The first-order chi connectivity index (χ1) is 21.0. The van der Waals surface area contributed by atoms with Crippen LogP contribution >= 0.6 is 95.6 Å². The number of hydrogen-bond acceptors (Lipinski definition) is 6. The van der Waals surface area contributed by atoms with E-state index >= 15 is 0 Å². The molecule has 0 fully saturated rings. The average Bonchev–Trinajstić information content (AvgIpc) is 3.33. The first kappa shape index (κ1) is 33.2. The summed E-state index contributed by atoms with van der Waals surface area (Å²) in [4.78, 5) is 28.3. The molecular weight excluding hydrogens is 960 g/mol. The SMILES string of the molecule is COc1ccc(C2=C(C(=O)Oc3c(Br)cc(Br)cc3Br)/C(=C(\c3ccc(OC)cc3)c3c(Br)cc(Br)cc3Br)C(=O)O2)cc1. The van der Waals surface area contributed by atoms with Crippen molar-refractivity contribution in [3.8, 4) is 17.2 Å². The van der Waals surface area contributed by atoms with Gasteiger partial charge in [-0.3, -0.25) is 0 Å². The second-order valence-corrected chi connectivity index (χ2v) is 14.4. The van der Waals surface area contributed by atoms with Crippen molar-refractivity contribution in [1.29, 1.82) is 0 Å². The highest BCUT2D eigenvalue weighted by Gasteiger charge is 2.40. The van der Waals surface area contributed by atoms with Crippen molar-refractivity contribution in [1.82, 2.24) is 0 Å². The fourth-order valence-electron chi connectivity index (χ4n) is 4.50. The fraction of sp³-hybridized carbons (Fsp3) is 0.0625. The first-order valence-corrected chi connectivity index (χ1v) is 17.3. The Hall–Kier alpha value is -2.22. The maximum atomic E-state index is 14.3. The van der Waals surface area contributed by atoms with Gasteiger partial charge in [-0.1, -0.05) is 75.9 Å². The quantitative estimate of drug-likeness (QED) is 0.104. The molecule has 0 saturated heterocycles. The van der Waals surface area contributed by atoms with Gasteiger partial charge in [0.25, 0.3) is 0 Å². The molecule has 5 rings (SSSR count). The van der Waals surface area contributed by atoms with Crippen LogP contribution in [0.3, 0.4) is 0 Å². The number of methoxy groups -OCH3 is 2. The lowest BCUT2D eigenvalue weighted by atomic mass is 9.89. The highest BCUT2D eigenvalue weighted by molar-refractivity contribution is 9.12. The Morgan fingerprint density at radius 2 is 1.16 bits per heavy atom. The highest BCUT2D eigenvalue weighted by atomic mass is 79.9. The second kappa shape index (κ2) is 14.0. The number of carbonyl (C=O) groups excluding carboxylic acids is 2. The van der Waals surface area contributed by atoms with E-state index in [2.05, 4.69) is 95.6 Å². The van der Waals surface area contributed by atoms with E-state index in [1.54, 1.807) is 62.8 Å². The average molecular weight is 978 g/mol. The number of esters is 2. The Balaban J connectivity index is 1.84. The van der Waals surface area contributed by atoms with Crippen LogP contribution in [0.2, 0.25) is 0 Å². The van der Waals surface area contributed by atoms with Gasteiger partial charge in [-0.2, -0.15) is 0 Å². The van der Waals surface area contributed by atoms with Crippen molar-refractivity contribution < 1.29 is 28.5 Å². The van der Waals surface area contributed by atoms with E-state index in [9.17, 15) is 9.59 Å². The van der Waals surface area contributed by atoms with Crippen molar-refractivity contribution in [2.75, 3.05) is 14.2 Å². The van der Waals surface area contributed by atoms with Gasteiger partial charge in [-0.15, -0.1) is 0 Å². The lowest BCUT2D eigenvalue weighted by Crippen LogP contribution is -2.16. The summed E-state index contributed by atoms with van der Waals surface area (Å²) in [5.74, 6) is -0.00383. The maximum Gasteiger partial charge on any atom is 0.348 e. The molecule has 0 aromatic heterocycles. The number of halogens is 6. The monoisotopic (exact) mass is 972 g/mol. The van der Waals surface area contributed by atoms with Gasteiger partial charge >= 0.3 is 11.9 Å². The second-order valence-electron chi connectivity index (χ2n) is 9.13. The lowest BCUT2D eigenvalue weighted by Gasteiger charge is -2.17. The third-order valence-corrected chi connectivity index (χ3v) is 9.82. The maximum absolute atomic E-state index is 14.3. The molecule has 0 bridgehead atoms. The zero-order chi connectivity index (χ0) is 31.7. The molecule has 0 spiro atoms. The van der Waals surface area contributed by atoms with Crippen LogP contribution in [0.4, 0.5) is 0 Å². The predicted octanol–water partition coefficient (Wildman–Crippen LogP) is 10.7. The van der Waals surface area contributed by atoms with Gasteiger partial charge in [0.05, 0.1) is 28.7 Å². The molecule has 12 heteroatoms. The third kappa shape index (κ3) is 6.80. The summed E-state index contributed by atoms with van der Waals surface area (Å²) in [6.07, 6.45) is 0. The lowest BCUT2D eigenvalue weighted by molar-refractivity contribution is -0.132. The van der Waals surface area contributed by atoms with Gasteiger partial charge in [0.2, 0.25) is 0 Å². The van der Waals surface area contributed by atoms with Gasteiger partial charge in [-0.25, -0.2) is 9.59 Å². The standard InChI is InChI=1S/C32H18Br6O6/c1-41-19-7-3-15(4-8-19)25(26-21(35)11-17(33)12-22(26)36)27-28(32(40)44-30-23(37)13-18(34)14-24(30)38)29(43-31(27)39)16-5-9-20(42-2)10-6-16/h3-14H,1-2H3/b27-25-. The summed E-state index contributed by atoms with van der Waals surface area (Å²) in [5.41, 5.74) is 2.16. The van der Waals surface area contributed by atoms with Gasteiger partial charge in [-0.05, 0) is 98.1 Å². The van der Waals surface area contributed by atoms with Crippen LogP contribution in [0.25, 0.3) is 11.3 Å². The van der Waals surface area contributed by atoms with Gasteiger partial charge in [0.15, 0.2) is 11.5 Å². The summed E-state index contributed by atoms with van der Waals surface area (Å²) in [5, 5.41) is 0. The molecular formula is C32H18Br6O6. The number of carbonyl (C=O) groups is 2. The summed E-state index contributed by atoms with van der Waals surface area (Å²) in [7, 11) is 3.12. The number of benzene rings is 4. The zero-order valence-electron chi connectivity index (χ0n) is 22.6. The molecule has 1 aliphatic heterocycles. The summed E-state index contributed by atoms with van der Waals surface area (Å²) in [6, 6.07) is 21.2. The van der Waals surface area contributed by atoms with Crippen molar-refractivity contribution in [2.24, 2.45) is 0 Å². The molecule has 6 nitrogen and oxygen atoms in total. The van der Waals surface area contributed by atoms with Crippen LogP contribution in [-0.4, -0.2) is 26.2 Å². The summed E-state index contributed by atoms with van der Waals surface area (Å²) in [6.45, 7) is 0. The van der Waals surface area contributed by atoms with Crippen molar-refractivity contribution in [2.45, 2.75) is 0 Å². The third-order valence-electron chi connectivity index (χ3n) is 6.48. The molecule has 4 aromatic carbocycles. The van der Waals surface area contributed by atoms with Crippen LogP contribution in [-0.2, 0) is 14.3 Å². The summed E-state index contributed by atoms with van der Waals surface area (Å²) >= 11 is 21.2. The molecule has 0 aliphatic carbocycles. The van der Waals surface area contributed by atoms with Crippen LogP contribution in [0.1, 0.15) is 16.7 Å². The molecule has 0 atom stereocenters. The largest absolute Gasteiger partial charge is 0.497 e. The fourth-order valence-corrected chi connectivity index (χ4v) is 9.58. The number of hydrogen-bond donors (Lipinski definition) is 0. The predicted molar refractivity (Wildman–Crippen MR) is 190 cm³/mol.